The van der Waals surface area contributed by atoms with E-state index >= 15 is 0 Å². The Morgan fingerprint density at radius 1 is 0.833 bits per heavy atom. The summed E-state index contributed by atoms with van der Waals surface area (Å²) in [5, 5.41) is 4.49. The van der Waals surface area contributed by atoms with Gasteiger partial charge in [-0.3, -0.25) is 4.79 Å². The van der Waals surface area contributed by atoms with Crippen LogP contribution in [0.2, 0.25) is 0 Å². The maximum atomic E-state index is 13.1. The number of rotatable bonds is 6. The van der Waals surface area contributed by atoms with E-state index in [1.54, 1.807) is 24.3 Å². The number of aryl methyl sites for hydroxylation is 1. The van der Waals surface area contributed by atoms with Crippen molar-refractivity contribution in [3.63, 3.8) is 0 Å². The second-order valence-corrected chi connectivity index (χ2v) is 10.0. The molecule has 0 fully saturated rings. The fraction of sp³-hybridized carbons (Fsp3) is 0.0345. The first-order valence-electron chi connectivity index (χ1n) is 11.1. The van der Waals surface area contributed by atoms with Crippen molar-refractivity contribution in [3.05, 3.63) is 118 Å². The van der Waals surface area contributed by atoms with Crippen LogP contribution in [0.1, 0.15) is 15.9 Å². The van der Waals surface area contributed by atoms with Crippen LogP contribution in [0.3, 0.4) is 0 Å². The van der Waals surface area contributed by atoms with Crippen LogP contribution in [0, 0.1) is 12.7 Å². The molecule has 4 nitrogen and oxygen atoms in total. The predicted octanol–water partition coefficient (Wildman–Crippen LogP) is 8.73. The van der Waals surface area contributed by atoms with Gasteiger partial charge in [0, 0.05) is 21.2 Å². The minimum Gasteiger partial charge on any atom is -0.457 e. The third-order valence-corrected chi connectivity index (χ3v) is 6.98. The summed E-state index contributed by atoms with van der Waals surface area (Å²) in [7, 11) is 0. The molecule has 0 saturated carbocycles. The van der Waals surface area contributed by atoms with Gasteiger partial charge in [-0.25, -0.2) is 9.37 Å². The van der Waals surface area contributed by atoms with Crippen molar-refractivity contribution in [2.75, 3.05) is 5.32 Å². The first-order valence-corrected chi connectivity index (χ1v) is 12.7. The van der Waals surface area contributed by atoms with E-state index in [0.29, 0.717) is 27.8 Å². The van der Waals surface area contributed by atoms with Gasteiger partial charge < -0.3 is 10.1 Å². The summed E-state index contributed by atoms with van der Waals surface area (Å²) < 4.78 is 19.9. The molecule has 0 bridgehead atoms. The topological polar surface area (TPSA) is 51.2 Å². The fourth-order valence-corrected chi connectivity index (χ4v) is 4.77. The summed E-state index contributed by atoms with van der Waals surface area (Å²) in [6.45, 7) is 2.03. The SMILES string of the molecule is Cc1ccc(-c2nc(-c3ccc(Oc4ccc(F)cc4)cc3)sc2NC(=O)c2ccc(Br)cc2)cc1. The third-order valence-electron chi connectivity index (χ3n) is 5.44. The van der Waals surface area contributed by atoms with E-state index in [1.807, 2.05) is 67.6 Å². The minimum absolute atomic E-state index is 0.200. The molecule has 4 aromatic carbocycles. The average molecular weight is 559 g/mol. The molecule has 0 unspecified atom stereocenters. The minimum atomic E-state index is -0.311. The highest BCUT2D eigenvalue weighted by atomic mass is 79.9. The van der Waals surface area contributed by atoms with Crippen LogP contribution in [0.5, 0.6) is 11.5 Å². The Morgan fingerprint density at radius 2 is 1.42 bits per heavy atom. The van der Waals surface area contributed by atoms with E-state index in [4.69, 9.17) is 9.72 Å². The number of nitrogens with zero attached hydrogens (tertiary/aromatic N) is 1. The molecular weight excluding hydrogens is 539 g/mol. The van der Waals surface area contributed by atoms with Crippen LogP contribution in [0.4, 0.5) is 9.39 Å². The smallest absolute Gasteiger partial charge is 0.256 e. The lowest BCUT2D eigenvalue weighted by Crippen LogP contribution is -2.11. The van der Waals surface area contributed by atoms with Crippen LogP contribution in [0.15, 0.2) is 102 Å². The molecule has 5 rings (SSSR count). The Hall–Kier alpha value is -3.81. The van der Waals surface area contributed by atoms with E-state index in [1.165, 1.54) is 23.5 Å². The van der Waals surface area contributed by atoms with Crippen LogP contribution < -0.4 is 10.1 Å². The van der Waals surface area contributed by atoms with Crippen molar-refractivity contribution in [1.82, 2.24) is 4.98 Å². The summed E-state index contributed by atoms with van der Waals surface area (Å²) in [6.07, 6.45) is 0. The number of amides is 1. The van der Waals surface area contributed by atoms with Crippen LogP contribution >= 0.6 is 27.3 Å². The molecule has 178 valence electrons. The first-order chi connectivity index (χ1) is 17.4. The standard InChI is InChI=1S/C29H20BrFN2O2S/c1-18-2-4-19(5-3-18)26-29(33-27(34)20-6-10-22(30)11-7-20)36-28(32-26)21-8-14-24(15-9-21)35-25-16-12-23(31)13-17-25/h2-17H,1H3,(H,33,34). The molecule has 1 amide bonds. The number of anilines is 1. The Balaban J connectivity index is 1.44. The van der Waals surface area contributed by atoms with Crippen molar-refractivity contribution >= 4 is 38.2 Å². The molecule has 1 heterocycles. The van der Waals surface area contributed by atoms with Gasteiger partial charge in [0.15, 0.2) is 0 Å². The molecule has 0 radical (unpaired) electrons. The molecule has 1 aromatic heterocycles. The number of carbonyl (C=O) groups excluding carboxylic acids is 1. The Kier molecular flexibility index (Phi) is 6.93. The van der Waals surface area contributed by atoms with Crippen molar-refractivity contribution in [2.24, 2.45) is 0 Å². The molecule has 0 atom stereocenters. The third kappa shape index (κ3) is 5.53. The molecule has 0 aliphatic rings. The van der Waals surface area contributed by atoms with Gasteiger partial charge in [0.1, 0.15) is 33.0 Å². The maximum absolute atomic E-state index is 13.1. The zero-order chi connectivity index (χ0) is 25.1. The van der Waals surface area contributed by atoms with Gasteiger partial charge in [-0.2, -0.15) is 0 Å². The monoisotopic (exact) mass is 558 g/mol. The van der Waals surface area contributed by atoms with E-state index in [-0.39, 0.29) is 11.7 Å². The number of ether oxygens (including phenoxy) is 1. The number of hydrogen-bond acceptors (Lipinski definition) is 4. The average Bonchev–Trinajstić information content (AvgIpc) is 3.30. The zero-order valence-electron chi connectivity index (χ0n) is 19.2. The molecule has 0 aliphatic heterocycles. The van der Waals surface area contributed by atoms with Gasteiger partial charge in [-0.15, -0.1) is 0 Å². The van der Waals surface area contributed by atoms with Crippen molar-refractivity contribution in [2.45, 2.75) is 6.92 Å². The van der Waals surface area contributed by atoms with Crippen molar-refractivity contribution in [1.29, 1.82) is 0 Å². The predicted molar refractivity (Wildman–Crippen MR) is 146 cm³/mol. The highest BCUT2D eigenvalue weighted by molar-refractivity contribution is 9.10. The Labute approximate surface area is 220 Å². The zero-order valence-corrected chi connectivity index (χ0v) is 21.6. The molecule has 5 aromatic rings. The number of hydrogen-bond donors (Lipinski definition) is 1. The highest BCUT2D eigenvalue weighted by Gasteiger charge is 2.18. The summed E-state index contributed by atoms with van der Waals surface area (Å²) in [5.74, 6) is 0.672. The van der Waals surface area contributed by atoms with Gasteiger partial charge >= 0.3 is 0 Å². The quantitative estimate of drug-likeness (QED) is 0.226. The molecule has 1 N–H and O–H groups in total. The van der Waals surface area contributed by atoms with E-state index < -0.39 is 0 Å². The summed E-state index contributed by atoms with van der Waals surface area (Å²) >= 11 is 4.82. The lowest BCUT2D eigenvalue weighted by molar-refractivity contribution is 0.102. The number of benzene rings is 4. The van der Waals surface area contributed by atoms with Gasteiger partial charge in [-0.05, 0) is 79.7 Å². The number of aromatic nitrogens is 1. The van der Waals surface area contributed by atoms with Gasteiger partial charge in [0.25, 0.3) is 5.91 Å². The number of carbonyl (C=O) groups is 1. The molecule has 0 spiro atoms. The molecule has 0 aliphatic carbocycles. The van der Waals surface area contributed by atoms with Gasteiger partial charge in [0.05, 0.1) is 0 Å². The lowest BCUT2D eigenvalue weighted by atomic mass is 10.1. The second-order valence-electron chi connectivity index (χ2n) is 8.10. The van der Waals surface area contributed by atoms with Crippen molar-refractivity contribution in [3.8, 4) is 33.3 Å². The normalized spacial score (nSPS) is 10.8. The maximum Gasteiger partial charge on any atom is 0.256 e. The fourth-order valence-electron chi connectivity index (χ4n) is 3.52. The van der Waals surface area contributed by atoms with Gasteiger partial charge in [0.2, 0.25) is 0 Å². The summed E-state index contributed by atoms with van der Waals surface area (Å²) in [4.78, 5) is 17.8. The number of halogens is 2. The van der Waals surface area contributed by atoms with Crippen LogP contribution in [0.25, 0.3) is 21.8 Å². The Bertz CT molecular complexity index is 1500. The number of nitrogens with one attached hydrogen (secondary N) is 1. The summed E-state index contributed by atoms with van der Waals surface area (Å²) in [5.41, 5.74) is 4.23. The van der Waals surface area contributed by atoms with E-state index in [9.17, 15) is 9.18 Å². The van der Waals surface area contributed by atoms with E-state index in [2.05, 4.69) is 21.2 Å². The van der Waals surface area contributed by atoms with Crippen molar-refractivity contribution < 1.29 is 13.9 Å². The highest BCUT2D eigenvalue weighted by Crippen LogP contribution is 2.39. The lowest BCUT2D eigenvalue weighted by Gasteiger charge is -2.06. The Morgan fingerprint density at radius 3 is 2.06 bits per heavy atom. The first kappa shape index (κ1) is 23.9. The summed E-state index contributed by atoms with van der Waals surface area (Å²) in [6, 6.07) is 28.7. The van der Waals surface area contributed by atoms with Gasteiger partial charge in [-0.1, -0.05) is 57.1 Å². The van der Waals surface area contributed by atoms with E-state index in [0.717, 1.165) is 26.2 Å². The van der Waals surface area contributed by atoms with Crippen LogP contribution in [-0.2, 0) is 0 Å². The molecule has 0 saturated heterocycles. The van der Waals surface area contributed by atoms with Crippen LogP contribution in [-0.4, -0.2) is 10.9 Å². The number of thiazole rings is 1. The molecular formula is C29H20BrFN2O2S. The molecule has 7 heteroatoms. The second kappa shape index (κ2) is 10.4. The largest absolute Gasteiger partial charge is 0.457 e. The molecule has 36 heavy (non-hydrogen) atoms.